The Morgan fingerprint density at radius 1 is 1.26 bits per heavy atom. The van der Waals surface area contributed by atoms with E-state index in [1.807, 2.05) is 44.2 Å². The van der Waals surface area contributed by atoms with Crippen molar-refractivity contribution >= 4 is 17.3 Å². The van der Waals surface area contributed by atoms with E-state index in [0.717, 1.165) is 29.1 Å². The van der Waals surface area contributed by atoms with E-state index in [1.165, 1.54) is 11.3 Å². The summed E-state index contributed by atoms with van der Waals surface area (Å²) >= 11 is 1.47. The quantitative estimate of drug-likeness (QED) is 0.619. The van der Waals surface area contributed by atoms with E-state index in [-0.39, 0.29) is 5.97 Å². The van der Waals surface area contributed by atoms with Gasteiger partial charge in [-0.05, 0) is 51.0 Å². The van der Waals surface area contributed by atoms with Gasteiger partial charge in [0.15, 0.2) is 0 Å². The molecule has 0 spiro atoms. The zero-order valence-electron chi connectivity index (χ0n) is 11.2. The van der Waals surface area contributed by atoms with Crippen LogP contribution in [0.3, 0.4) is 0 Å². The predicted molar refractivity (Wildman–Crippen MR) is 76.6 cm³/mol. The standard InChI is InChI=1S/C15H17NO2S/c1-11-5-3-6-13(16-11)7-4-10-18-15(17)14-9-8-12(2)19-14/h3,5-6,8-9H,4,7,10H2,1-2H3. The third kappa shape index (κ3) is 4.17. The first kappa shape index (κ1) is 13.7. The molecule has 2 rings (SSSR count). The molecule has 2 aromatic heterocycles. The van der Waals surface area contributed by atoms with Gasteiger partial charge in [-0.3, -0.25) is 4.98 Å². The minimum Gasteiger partial charge on any atom is -0.461 e. The number of hydrogen-bond acceptors (Lipinski definition) is 4. The summed E-state index contributed by atoms with van der Waals surface area (Å²) in [5, 5.41) is 0. The molecule has 0 atom stereocenters. The van der Waals surface area contributed by atoms with Crippen molar-refractivity contribution in [3.63, 3.8) is 0 Å². The molecule has 3 nitrogen and oxygen atoms in total. The summed E-state index contributed by atoms with van der Waals surface area (Å²) in [6.45, 7) is 4.39. The normalized spacial score (nSPS) is 10.4. The molecule has 0 N–H and O–H groups in total. The van der Waals surface area contributed by atoms with Gasteiger partial charge in [-0.25, -0.2) is 4.79 Å². The van der Waals surface area contributed by atoms with Gasteiger partial charge >= 0.3 is 5.97 Å². The Bertz CT molecular complexity index is 563. The Labute approximate surface area is 117 Å². The SMILES string of the molecule is Cc1cccc(CCCOC(=O)c2ccc(C)s2)n1. The average molecular weight is 275 g/mol. The Kier molecular flexibility index (Phi) is 4.68. The zero-order valence-corrected chi connectivity index (χ0v) is 12.0. The first-order valence-electron chi connectivity index (χ1n) is 6.31. The minimum absolute atomic E-state index is 0.227. The summed E-state index contributed by atoms with van der Waals surface area (Å²) in [6, 6.07) is 9.71. The molecule has 0 bridgehead atoms. The van der Waals surface area contributed by atoms with Crippen LogP contribution in [0.2, 0.25) is 0 Å². The van der Waals surface area contributed by atoms with Gasteiger partial charge < -0.3 is 4.74 Å². The van der Waals surface area contributed by atoms with Crippen LogP contribution in [0.4, 0.5) is 0 Å². The van der Waals surface area contributed by atoms with Crippen molar-refractivity contribution in [2.75, 3.05) is 6.61 Å². The number of nitrogens with zero attached hydrogens (tertiary/aromatic N) is 1. The van der Waals surface area contributed by atoms with Crippen LogP contribution >= 0.6 is 11.3 Å². The fourth-order valence-electron chi connectivity index (χ4n) is 1.77. The number of carbonyl (C=O) groups is 1. The molecule has 0 fully saturated rings. The monoisotopic (exact) mass is 275 g/mol. The number of ether oxygens (including phenoxy) is 1. The molecule has 19 heavy (non-hydrogen) atoms. The van der Waals surface area contributed by atoms with Crippen LogP contribution in [0, 0.1) is 13.8 Å². The van der Waals surface area contributed by atoms with E-state index in [2.05, 4.69) is 4.98 Å². The zero-order chi connectivity index (χ0) is 13.7. The number of esters is 1. The second kappa shape index (κ2) is 6.48. The number of thiophene rings is 1. The number of carbonyl (C=O) groups excluding carboxylic acids is 1. The fraction of sp³-hybridized carbons (Fsp3) is 0.333. The van der Waals surface area contributed by atoms with E-state index in [9.17, 15) is 4.79 Å². The number of hydrogen-bond donors (Lipinski definition) is 0. The third-order valence-electron chi connectivity index (χ3n) is 2.70. The second-order valence-electron chi connectivity index (χ2n) is 4.42. The Morgan fingerprint density at radius 2 is 2.11 bits per heavy atom. The van der Waals surface area contributed by atoms with Crippen molar-refractivity contribution in [2.45, 2.75) is 26.7 Å². The highest BCUT2D eigenvalue weighted by atomic mass is 32.1. The fourth-order valence-corrected chi connectivity index (χ4v) is 2.53. The molecule has 0 aliphatic heterocycles. The number of pyridine rings is 1. The molecule has 100 valence electrons. The van der Waals surface area contributed by atoms with Crippen LogP contribution in [0.15, 0.2) is 30.3 Å². The highest BCUT2D eigenvalue weighted by molar-refractivity contribution is 7.13. The summed E-state index contributed by atoms with van der Waals surface area (Å²) in [5.41, 5.74) is 2.06. The summed E-state index contributed by atoms with van der Waals surface area (Å²) in [4.78, 5) is 17.9. The first-order valence-corrected chi connectivity index (χ1v) is 7.13. The second-order valence-corrected chi connectivity index (χ2v) is 5.71. The van der Waals surface area contributed by atoms with Crippen LogP contribution in [0.25, 0.3) is 0 Å². The van der Waals surface area contributed by atoms with Crippen molar-refractivity contribution < 1.29 is 9.53 Å². The lowest BCUT2D eigenvalue weighted by Crippen LogP contribution is -2.05. The molecule has 0 saturated heterocycles. The molecule has 0 saturated carbocycles. The number of aryl methyl sites for hydroxylation is 3. The molecule has 4 heteroatoms. The van der Waals surface area contributed by atoms with Crippen LogP contribution in [0.5, 0.6) is 0 Å². The van der Waals surface area contributed by atoms with Gasteiger partial charge in [-0.2, -0.15) is 0 Å². The van der Waals surface area contributed by atoms with Crippen molar-refractivity contribution in [3.8, 4) is 0 Å². The topological polar surface area (TPSA) is 39.2 Å². The van der Waals surface area contributed by atoms with E-state index in [4.69, 9.17) is 4.74 Å². The molecule has 0 aliphatic rings. The molecular formula is C15H17NO2S. The van der Waals surface area contributed by atoms with E-state index >= 15 is 0 Å². The average Bonchev–Trinajstić information content (AvgIpc) is 2.81. The maximum Gasteiger partial charge on any atom is 0.348 e. The summed E-state index contributed by atoms with van der Waals surface area (Å²) in [7, 11) is 0. The lowest BCUT2D eigenvalue weighted by atomic mass is 10.2. The molecule has 0 amide bonds. The lowest BCUT2D eigenvalue weighted by molar-refractivity contribution is 0.0506. The van der Waals surface area contributed by atoms with Crippen molar-refractivity contribution in [1.82, 2.24) is 4.98 Å². The Hall–Kier alpha value is -1.68. The van der Waals surface area contributed by atoms with Gasteiger partial charge in [0, 0.05) is 16.3 Å². The summed E-state index contributed by atoms with van der Waals surface area (Å²) in [6.07, 6.45) is 1.63. The number of aromatic nitrogens is 1. The van der Waals surface area contributed by atoms with Crippen LogP contribution in [-0.4, -0.2) is 17.6 Å². The molecular weight excluding hydrogens is 258 g/mol. The lowest BCUT2D eigenvalue weighted by Gasteiger charge is -2.04. The molecule has 0 unspecified atom stereocenters. The smallest absolute Gasteiger partial charge is 0.348 e. The maximum absolute atomic E-state index is 11.7. The van der Waals surface area contributed by atoms with Crippen molar-refractivity contribution in [3.05, 3.63) is 51.5 Å². The molecule has 0 aliphatic carbocycles. The third-order valence-corrected chi connectivity index (χ3v) is 3.68. The molecule has 0 radical (unpaired) electrons. The highest BCUT2D eigenvalue weighted by Crippen LogP contribution is 2.16. The van der Waals surface area contributed by atoms with Crippen molar-refractivity contribution in [2.24, 2.45) is 0 Å². The van der Waals surface area contributed by atoms with Crippen molar-refractivity contribution in [1.29, 1.82) is 0 Å². The van der Waals surface area contributed by atoms with Gasteiger partial charge in [0.05, 0.1) is 6.61 Å². The first-order chi connectivity index (χ1) is 9.15. The number of rotatable bonds is 5. The minimum atomic E-state index is -0.227. The van der Waals surface area contributed by atoms with Crippen LogP contribution in [-0.2, 0) is 11.2 Å². The van der Waals surface area contributed by atoms with Crippen LogP contribution < -0.4 is 0 Å². The van der Waals surface area contributed by atoms with Gasteiger partial charge in [0.2, 0.25) is 0 Å². The molecule has 2 aromatic rings. The molecule has 2 heterocycles. The Morgan fingerprint density at radius 3 is 2.79 bits per heavy atom. The van der Waals surface area contributed by atoms with Gasteiger partial charge in [0.25, 0.3) is 0 Å². The maximum atomic E-state index is 11.7. The van der Waals surface area contributed by atoms with E-state index in [0.29, 0.717) is 11.5 Å². The molecule has 0 aromatic carbocycles. The Balaban J connectivity index is 1.74. The largest absolute Gasteiger partial charge is 0.461 e. The van der Waals surface area contributed by atoms with Gasteiger partial charge in [-0.1, -0.05) is 6.07 Å². The van der Waals surface area contributed by atoms with E-state index < -0.39 is 0 Å². The summed E-state index contributed by atoms with van der Waals surface area (Å²) in [5.74, 6) is -0.227. The van der Waals surface area contributed by atoms with E-state index in [1.54, 1.807) is 0 Å². The van der Waals surface area contributed by atoms with Crippen LogP contribution in [0.1, 0.15) is 32.4 Å². The predicted octanol–water partition coefficient (Wildman–Crippen LogP) is 3.55. The highest BCUT2D eigenvalue weighted by Gasteiger charge is 2.08. The summed E-state index contributed by atoms with van der Waals surface area (Å²) < 4.78 is 5.24. The van der Waals surface area contributed by atoms with Gasteiger partial charge in [-0.15, -0.1) is 11.3 Å². The van der Waals surface area contributed by atoms with Gasteiger partial charge in [0.1, 0.15) is 4.88 Å².